The lowest BCUT2D eigenvalue weighted by Crippen LogP contribution is -2.54. The molecule has 2 aromatic rings. The van der Waals surface area contributed by atoms with Crippen molar-refractivity contribution in [3.63, 3.8) is 0 Å². The number of rotatable bonds is 6. The second kappa shape index (κ2) is 9.05. The van der Waals surface area contributed by atoms with Gasteiger partial charge in [0, 0.05) is 24.2 Å². The summed E-state index contributed by atoms with van der Waals surface area (Å²) in [7, 11) is -6.45. The van der Waals surface area contributed by atoms with Crippen molar-refractivity contribution >= 4 is 43.2 Å². The van der Waals surface area contributed by atoms with Gasteiger partial charge in [-0.3, -0.25) is 9.52 Å². The highest BCUT2D eigenvalue weighted by atomic mass is 32.2. The molecule has 0 aromatic heterocycles. The Morgan fingerprint density at radius 3 is 2.56 bits per heavy atom. The van der Waals surface area contributed by atoms with Crippen LogP contribution in [0.3, 0.4) is 0 Å². The highest BCUT2D eigenvalue weighted by molar-refractivity contribution is 7.92. The van der Waals surface area contributed by atoms with Gasteiger partial charge < -0.3 is 15.0 Å². The van der Waals surface area contributed by atoms with E-state index in [0.717, 1.165) is 31.1 Å². The van der Waals surface area contributed by atoms with E-state index in [4.69, 9.17) is 4.74 Å². The number of anilines is 2. The molecule has 4 aliphatic rings. The smallest absolute Gasteiger partial charge is 0.286 e. The Labute approximate surface area is 226 Å². The van der Waals surface area contributed by atoms with Crippen LogP contribution in [0, 0.1) is 23.6 Å². The molecule has 2 fully saturated rings. The second-order valence-corrected chi connectivity index (χ2v) is 13.8. The Balaban J connectivity index is 1.43. The maximum atomic E-state index is 14.1. The highest BCUT2D eigenvalue weighted by Gasteiger charge is 2.57. The number of methoxy groups -OCH3 is 1. The first-order valence-electron chi connectivity index (χ1n) is 12.5. The van der Waals surface area contributed by atoms with Crippen LogP contribution in [-0.4, -0.2) is 52.9 Å². The van der Waals surface area contributed by atoms with E-state index in [1.54, 1.807) is 17.0 Å². The van der Waals surface area contributed by atoms with Gasteiger partial charge in [0.15, 0.2) is 5.84 Å². The Hall–Kier alpha value is -3.45. The molecule has 0 saturated heterocycles. The normalized spacial score (nSPS) is 27.0. The van der Waals surface area contributed by atoms with E-state index in [1.807, 2.05) is 0 Å². The van der Waals surface area contributed by atoms with Gasteiger partial charge in [0.1, 0.15) is 22.0 Å². The molecule has 13 heteroatoms. The van der Waals surface area contributed by atoms with Crippen LogP contribution in [0.25, 0.3) is 0 Å². The highest BCUT2D eigenvalue weighted by Crippen LogP contribution is 2.56. The average Bonchev–Trinajstić information content (AvgIpc) is 3.48. The number of hydrogen-bond donors (Lipinski definition) is 2. The van der Waals surface area contributed by atoms with Crippen molar-refractivity contribution in [3.05, 3.63) is 65.2 Å². The van der Waals surface area contributed by atoms with Crippen molar-refractivity contribution in [2.24, 2.45) is 22.2 Å². The molecule has 0 unspecified atom stereocenters. The summed E-state index contributed by atoms with van der Waals surface area (Å²) in [6.07, 6.45) is 3.89. The van der Waals surface area contributed by atoms with Crippen LogP contribution in [0.5, 0.6) is 0 Å². The first-order valence-corrected chi connectivity index (χ1v) is 15.9. The molecule has 0 spiro atoms. The third kappa shape index (κ3) is 4.46. The number of carbonyl (C=O) groups excluding carboxylic acids is 1. The number of nitrogens with zero attached hydrogens (tertiary/aromatic N) is 2. The van der Waals surface area contributed by atoms with E-state index in [0.29, 0.717) is 11.7 Å². The van der Waals surface area contributed by atoms with Crippen molar-refractivity contribution in [1.29, 1.82) is 0 Å². The predicted octanol–water partition coefficient (Wildman–Crippen LogP) is 3.07. The molecule has 2 heterocycles. The molecule has 206 valence electrons. The number of amides is 1. The fourth-order valence-electron chi connectivity index (χ4n) is 6.59. The Morgan fingerprint density at radius 1 is 1.15 bits per heavy atom. The van der Waals surface area contributed by atoms with Crippen LogP contribution < -0.4 is 10.0 Å². The lowest BCUT2D eigenvalue weighted by molar-refractivity contribution is -0.134. The van der Waals surface area contributed by atoms with Gasteiger partial charge in [0.25, 0.3) is 15.9 Å². The van der Waals surface area contributed by atoms with Gasteiger partial charge in [0.2, 0.25) is 10.0 Å². The maximum absolute atomic E-state index is 14.1. The van der Waals surface area contributed by atoms with Gasteiger partial charge in [-0.25, -0.2) is 12.8 Å². The van der Waals surface area contributed by atoms with E-state index in [9.17, 15) is 26.0 Å². The molecule has 2 aliphatic carbocycles. The second-order valence-electron chi connectivity index (χ2n) is 10.5. The number of fused-ring (bicyclic) bond motifs is 6. The van der Waals surface area contributed by atoms with Gasteiger partial charge in [-0.2, -0.15) is 8.42 Å². The number of amidine groups is 1. The van der Waals surface area contributed by atoms with Crippen LogP contribution in [0.4, 0.5) is 15.8 Å². The predicted molar refractivity (Wildman–Crippen MR) is 142 cm³/mol. The number of nitrogens with one attached hydrogen (secondary N) is 2. The standard InChI is InChI=1S/C26H27FN4O6S2/c1-37-24-21-15-5-6-16(11-15)23(21)31(13-14-3-7-17(27)8-4-14)26(32)22(24)25-28-19-10-9-18(29-38(2,33)34)12-20(19)39(35,36)30-25/h3-4,7-10,12,15-16,21,23,29H,5-6,11,13H2,1-2H3,(H,28,30)/t15-,16+,21+,23-/m0/s1. The number of ether oxygens (including phenoxy) is 1. The summed E-state index contributed by atoms with van der Waals surface area (Å²) in [5.74, 6) is -0.0363. The van der Waals surface area contributed by atoms with Crippen molar-refractivity contribution in [2.45, 2.75) is 36.7 Å². The van der Waals surface area contributed by atoms with E-state index >= 15 is 0 Å². The molecule has 4 atom stereocenters. The molecule has 39 heavy (non-hydrogen) atoms. The van der Waals surface area contributed by atoms with Crippen LogP contribution >= 0.6 is 0 Å². The van der Waals surface area contributed by atoms with E-state index in [2.05, 4.69) is 14.4 Å². The fraction of sp³-hybridized carbons (Fsp3) is 0.385. The molecular weight excluding hydrogens is 547 g/mol. The molecule has 2 bridgehead atoms. The van der Waals surface area contributed by atoms with Crippen LogP contribution in [-0.2, 0) is 36.1 Å². The van der Waals surface area contributed by atoms with Gasteiger partial charge in [-0.15, -0.1) is 4.40 Å². The molecular formula is C26H27FN4O6S2. The first-order chi connectivity index (χ1) is 18.4. The summed E-state index contributed by atoms with van der Waals surface area (Å²) in [5, 5.41) is 2.98. The minimum absolute atomic E-state index is 0.0565. The fourth-order valence-corrected chi connectivity index (χ4v) is 8.30. The summed E-state index contributed by atoms with van der Waals surface area (Å²) < 4.78 is 75.4. The zero-order valence-electron chi connectivity index (χ0n) is 21.2. The number of carbonyl (C=O) groups is 1. The molecule has 0 radical (unpaired) electrons. The minimum atomic E-state index is -4.30. The SMILES string of the molecule is COC1=C(C2=NS(=O)(=O)c3cc(NS(C)(=O)=O)ccc3N2)C(=O)N(Cc2ccc(F)cc2)[C@H]2[C@@H]3CC[C@@H](C3)[C@@H]12. The van der Waals surface area contributed by atoms with Crippen molar-refractivity contribution in [1.82, 2.24) is 4.90 Å². The van der Waals surface area contributed by atoms with Crippen LogP contribution in [0.1, 0.15) is 24.8 Å². The first kappa shape index (κ1) is 25.8. The zero-order valence-corrected chi connectivity index (χ0v) is 22.9. The number of halogens is 1. The molecule has 6 rings (SSSR count). The maximum Gasteiger partial charge on any atom is 0.286 e. The topological polar surface area (TPSA) is 134 Å². The average molecular weight is 575 g/mol. The van der Waals surface area contributed by atoms with Crippen molar-refractivity contribution in [3.8, 4) is 0 Å². The summed E-state index contributed by atoms with van der Waals surface area (Å²) in [5.41, 5.74) is 1.05. The molecule has 1 amide bonds. The summed E-state index contributed by atoms with van der Waals surface area (Å²) >= 11 is 0. The number of hydrogen-bond acceptors (Lipinski definition) is 7. The molecule has 2 saturated carbocycles. The summed E-state index contributed by atoms with van der Waals surface area (Å²) in [6.45, 7) is 0.237. The van der Waals surface area contributed by atoms with Crippen LogP contribution in [0.15, 0.2) is 63.1 Å². The van der Waals surface area contributed by atoms with E-state index in [-0.39, 0.29) is 57.9 Å². The Kier molecular flexibility index (Phi) is 5.99. The zero-order chi connectivity index (χ0) is 27.7. The quantitative estimate of drug-likeness (QED) is 0.542. The van der Waals surface area contributed by atoms with Gasteiger partial charge in [0.05, 0.1) is 19.1 Å². The Morgan fingerprint density at radius 2 is 1.87 bits per heavy atom. The van der Waals surface area contributed by atoms with Gasteiger partial charge >= 0.3 is 0 Å². The lowest BCUT2D eigenvalue weighted by Gasteiger charge is -2.45. The molecule has 2 aromatic carbocycles. The molecule has 10 nitrogen and oxygen atoms in total. The number of benzene rings is 2. The van der Waals surface area contributed by atoms with Gasteiger partial charge in [-0.05, 0) is 67.0 Å². The lowest BCUT2D eigenvalue weighted by atomic mass is 9.77. The third-order valence-electron chi connectivity index (χ3n) is 8.01. The minimum Gasteiger partial charge on any atom is -0.500 e. The van der Waals surface area contributed by atoms with Crippen molar-refractivity contribution in [2.75, 3.05) is 23.4 Å². The summed E-state index contributed by atoms with van der Waals surface area (Å²) in [6, 6.07) is 9.89. The van der Waals surface area contributed by atoms with Crippen LogP contribution in [0.2, 0.25) is 0 Å². The molecule has 2 aliphatic heterocycles. The molecule has 2 N–H and O–H groups in total. The monoisotopic (exact) mass is 574 g/mol. The van der Waals surface area contributed by atoms with Gasteiger partial charge in [-0.1, -0.05) is 12.1 Å². The number of sulfonamides is 2. The largest absolute Gasteiger partial charge is 0.500 e. The van der Waals surface area contributed by atoms with E-state index in [1.165, 1.54) is 37.4 Å². The Bertz CT molecular complexity index is 1650. The third-order valence-corrected chi connectivity index (χ3v) is 9.93. The van der Waals surface area contributed by atoms with E-state index < -0.39 is 26.0 Å². The van der Waals surface area contributed by atoms with Crippen molar-refractivity contribution < 1.29 is 30.8 Å². The summed E-state index contributed by atoms with van der Waals surface area (Å²) in [4.78, 5) is 15.7.